The van der Waals surface area contributed by atoms with E-state index in [0.717, 1.165) is 19.1 Å². The van der Waals surface area contributed by atoms with E-state index in [-0.39, 0.29) is 67.8 Å². The average Bonchev–Trinajstić information content (AvgIpc) is 1.52. The number of hydrogen-bond acceptors (Lipinski definition) is 19. The zero-order valence-corrected chi connectivity index (χ0v) is 53.6. The molecule has 502 valence electrons. The Kier molecular flexibility index (Phi) is 32.6. The number of carboxylic acid groups (broad SMARTS) is 1. The van der Waals surface area contributed by atoms with Crippen LogP contribution in [0.15, 0.2) is 53.7 Å². The van der Waals surface area contributed by atoms with Crippen LogP contribution in [0, 0.1) is 11.8 Å². The highest BCUT2D eigenvalue weighted by molar-refractivity contribution is 7.98. The quantitative estimate of drug-likeness (QED) is 0.0929. The third-order valence-electron chi connectivity index (χ3n) is 14.3. The highest BCUT2D eigenvalue weighted by Crippen LogP contribution is 2.26. The number of ether oxygens (including phenoxy) is 1. The number of carbonyl (C=O) groups excluding carboxylic acids is 11. The smallest absolute Gasteiger partial charge is 0.305 e. The van der Waals surface area contributed by atoms with Crippen molar-refractivity contribution < 1.29 is 77.3 Å². The van der Waals surface area contributed by atoms with Gasteiger partial charge in [-0.2, -0.15) is 23.5 Å². The Bertz CT molecular complexity index is 2850. The van der Waals surface area contributed by atoms with Gasteiger partial charge in [-0.3, -0.25) is 57.5 Å². The number of carboxylic acids is 1. The summed E-state index contributed by atoms with van der Waals surface area (Å²) >= 11 is 2.36. The van der Waals surface area contributed by atoms with E-state index in [1.807, 2.05) is 6.07 Å². The maximum atomic E-state index is 14.8. The molecule has 2 aliphatic heterocycles. The maximum absolute atomic E-state index is 14.8. The first kappa shape index (κ1) is 75.4. The fraction of sp³-hybridized carbons (Fsp3) is 0.583. The zero-order valence-electron chi connectivity index (χ0n) is 52.0. The predicted octanol–water partition coefficient (Wildman–Crippen LogP) is -1.23. The van der Waals surface area contributed by atoms with Gasteiger partial charge in [0.05, 0.1) is 25.6 Å². The summed E-state index contributed by atoms with van der Waals surface area (Å²) in [5.41, 5.74) is 19.0. The lowest BCUT2D eigenvalue weighted by Crippen LogP contribution is -2.62. The first-order valence-electron chi connectivity index (χ1n) is 30.3. The number of aliphatic hydroxyl groups is 1. The molecule has 2 aliphatic rings. The number of primary amides is 2. The summed E-state index contributed by atoms with van der Waals surface area (Å²) in [7, 11) is 0. The first-order chi connectivity index (χ1) is 43.2. The lowest BCUT2D eigenvalue weighted by molar-refractivity contribution is -0.142. The summed E-state index contributed by atoms with van der Waals surface area (Å²) < 4.78 is 6.23. The molecular formula is C60H89N13O16S2. The molecule has 0 aromatic heterocycles. The summed E-state index contributed by atoms with van der Waals surface area (Å²) in [6.45, 7) is 8.43. The van der Waals surface area contributed by atoms with E-state index < -0.39 is 150 Å². The second-order valence-electron chi connectivity index (χ2n) is 23.0. The van der Waals surface area contributed by atoms with E-state index in [4.69, 9.17) is 26.8 Å². The predicted molar refractivity (Wildman–Crippen MR) is 339 cm³/mol. The van der Waals surface area contributed by atoms with E-state index in [1.165, 1.54) is 44.3 Å². The van der Waals surface area contributed by atoms with Crippen LogP contribution in [0.5, 0.6) is 5.75 Å². The Hall–Kier alpha value is -8.03. The molecule has 0 radical (unpaired) electrons. The summed E-state index contributed by atoms with van der Waals surface area (Å²) in [6, 6.07) is -0.133. The highest BCUT2D eigenvalue weighted by atomic mass is 32.2. The average molecular weight is 1310 g/mol. The number of oxime groups is 1. The molecule has 4 bridgehead atoms. The van der Waals surface area contributed by atoms with E-state index in [1.54, 1.807) is 56.3 Å². The zero-order chi connectivity index (χ0) is 67.2. The van der Waals surface area contributed by atoms with Crippen molar-refractivity contribution in [2.75, 3.05) is 31.3 Å². The number of hydrogen-bond donors (Lipinski definition) is 14. The number of aliphatic carboxylic acids is 1. The number of amides is 11. The SMILES string of the molecule is CC(C)C[C@@H]1NC(=O)[C@H](Cc2ccccc2)NC(=O)[C@@H]2CSCc3cc(cc(c3)OCCCCCCO/N=C/C(=O)N[C@@H]([C@@H](C)O)C(=O)N2)CSC[C@@H](C(N)=O)NC(=O)[C@H](CC(N)=O)NC(=O)[C@H](CCCCN)NC(=O)[C@H](C(C)C)NC(=O)[C@H](CC(=O)O)NC1=O. The standard InChI is InChI=1S/C60H89N13O16S2/c1-33(2)21-41-54(81)69-44(27-49(77)78)57(84)73-50(34(3)4)59(86)65-40(17-11-12-18-61)53(80)68-43(26-47(62)75)56(83)70-45(52(63)79)31-90-29-37-22-38-24-39(23-37)88-19-13-6-7-14-20-89-64-28-48(76)72-51(35(5)74)60(87)71-46(32-91-30-38)58(85)67-42(55(82)66-41)25-36-15-9-8-10-16-36/h8-10,15-16,22-24,28,33-35,40-46,50-51,74H,6-7,11-14,17-21,25-27,29-32,61H2,1-5H3,(H2,62,75)(H2,63,79)(H,65,86)(H,66,82)(H,67,85)(H,68,80)(H,69,81)(H,70,83)(H,71,87)(H,72,76)(H,73,84)(H,77,78)/b64-28+/t35-,40+,41+,42+,43+,44+,45+,46+,50+,51+/m1/s1. The molecule has 4 rings (SSSR count). The van der Waals surface area contributed by atoms with Gasteiger partial charge in [0.1, 0.15) is 72.9 Å². The van der Waals surface area contributed by atoms with Gasteiger partial charge in [-0.1, -0.05) is 69.2 Å². The molecule has 0 spiro atoms. The van der Waals surface area contributed by atoms with Crippen LogP contribution < -0.4 is 69.8 Å². The second kappa shape index (κ2) is 39.3. The molecule has 0 aliphatic carbocycles. The van der Waals surface area contributed by atoms with E-state index in [0.29, 0.717) is 48.3 Å². The summed E-state index contributed by atoms with van der Waals surface area (Å²) in [4.78, 5) is 171. The van der Waals surface area contributed by atoms with Gasteiger partial charge in [0, 0.05) is 29.4 Å². The van der Waals surface area contributed by atoms with Crippen molar-refractivity contribution in [3.63, 3.8) is 0 Å². The second-order valence-corrected chi connectivity index (χ2v) is 25.1. The number of carbonyl (C=O) groups is 12. The monoisotopic (exact) mass is 1310 g/mol. The van der Waals surface area contributed by atoms with E-state index >= 15 is 0 Å². The molecule has 2 aromatic rings. The highest BCUT2D eigenvalue weighted by Gasteiger charge is 2.38. The molecule has 2 heterocycles. The summed E-state index contributed by atoms with van der Waals surface area (Å²) in [6.07, 6.45) is 0.496. The number of rotatable bonds is 15. The van der Waals surface area contributed by atoms with Crippen molar-refractivity contribution in [2.45, 2.75) is 177 Å². The molecule has 29 nitrogen and oxygen atoms in total. The molecule has 0 saturated carbocycles. The molecular weight excluding hydrogens is 1220 g/mol. The Balaban J connectivity index is 1.89. The van der Waals surface area contributed by atoms with Crippen LogP contribution >= 0.6 is 23.5 Å². The maximum Gasteiger partial charge on any atom is 0.305 e. The van der Waals surface area contributed by atoms with Crippen LogP contribution in [0.2, 0.25) is 0 Å². The molecule has 0 unspecified atom stereocenters. The molecule has 11 amide bonds. The third kappa shape index (κ3) is 27.5. The van der Waals surface area contributed by atoms with Crippen LogP contribution in [0.25, 0.3) is 0 Å². The van der Waals surface area contributed by atoms with Gasteiger partial charge < -0.3 is 84.8 Å². The van der Waals surface area contributed by atoms with Gasteiger partial charge in [0.15, 0.2) is 0 Å². The van der Waals surface area contributed by atoms with Crippen molar-refractivity contribution in [1.82, 2.24) is 47.9 Å². The minimum absolute atomic E-state index is 0.0728. The number of nitrogens with zero attached hydrogens (tertiary/aromatic N) is 1. The molecule has 17 N–H and O–H groups in total. The van der Waals surface area contributed by atoms with Crippen molar-refractivity contribution in [1.29, 1.82) is 0 Å². The van der Waals surface area contributed by atoms with E-state index in [2.05, 4.69) is 53.0 Å². The van der Waals surface area contributed by atoms with Crippen LogP contribution in [-0.2, 0) is 80.3 Å². The van der Waals surface area contributed by atoms with Gasteiger partial charge in [0.25, 0.3) is 5.91 Å². The Morgan fingerprint density at radius 3 is 1.78 bits per heavy atom. The van der Waals surface area contributed by atoms with Gasteiger partial charge >= 0.3 is 5.97 Å². The van der Waals surface area contributed by atoms with Gasteiger partial charge in [-0.05, 0) is 105 Å². The Labute approximate surface area is 537 Å². The third-order valence-corrected chi connectivity index (χ3v) is 16.5. The number of aliphatic hydroxyl groups excluding tert-OH is 1. The van der Waals surface area contributed by atoms with Crippen LogP contribution in [0.3, 0.4) is 0 Å². The molecule has 10 atom stereocenters. The van der Waals surface area contributed by atoms with Gasteiger partial charge in [0.2, 0.25) is 59.1 Å². The fourth-order valence-electron chi connectivity index (χ4n) is 9.48. The van der Waals surface area contributed by atoms with Crippen molar-refractivity contribution >= 4 is 101 Å². The van der Waals surface area contributed by atoms with Gasteiger partial charge in [-0.25, -0.2) is 0 Å². The lowest BCUT2D eigenvalue weighted by Gasteiger charge is -2.29. The topological polar surface area (TPSA) is 462 Å². The van der Waals surface area contributed by atoms with Crippen molar-refractivity contribution in [3.8, 4) is 5.75 Å². The largest absolute Gasteiger partial charge is 0.494 e. The summed E-state index contributed by atoms with van der Waals surface area (Å²) in [5, 5.41) is 47.4. The lowest BCUT2D eigenvalue weighted by atomic mass is 9.99. The van der Waals surface area contributed by atoms with Gasteiger partial charge in [-0.15, -0.1) is 0 Å². The van der Waals surface area contributed by atoms with Crippen LogP contribution in [0.1, 0.15) is 116 Å². The normalized spacial score (nSPS) is 24.9. The Morgan fingerprint density at radius 1 is 0.615 bits per heavy atom. The van der Waals surface area contributed by atoms with Crippen LogP contribution in [0.4, 0.5) is 0 Å². The molecule has 31 heteroatoms. The minimum atomic E-state index is -1.88. The molecule has 0 saturated heterocycles. The van der Waals surface area contributed by atoms with Crippen LogP contribution in [-0.4, -0.2) is 179 Å². The number of nitrogens with two attached hydrogens (primary N) is 3. The number of nitrogens with one attached hydrogen (secondary N) is 9. The molecule has 0 fully saturated rings. The summed E-state index contributed by atoms with van der Waals surface area (Å²) in [5.74, 6) is -12.9. The Morgan fingerprint density at radius 2 is 1.18 bits per heavy atom. The molecule has 2 aromatic carbocycles. The number of benzene rings is 2. The van der Waals surface area contributed by atoms with E-state index in [9.17, 15) is 67.7 Å². The van der Waals surface area contributed by atoms with Crippen molar-refractivity contribution in [3.05, 3.63) is 65.2 Å². The minimum Gasteiger partial charge on any atom is -0.494 e. The number of fused-ring (bicyclic) bond motifs is 5. The number of unbranched alkanes of at least 4 members (excludes halogenated alkanes) is 1. The van der Waals surface area contributed by atoms with Crippen molar-refractivity contribution in [2.24, 2.45) is 34.2 Å². The first-order valence-corrected chi connectivity index (χ1v) is 32.6. The molecule has 91 heavy (non-hydrogen) atoms. The number of thioether (sulfide) groups is 2. The fourth-order valence-corrected chi connectivity index (χ4v) is 11.5.